The quantitative estimate of drug-likeness (QED) is 0.599. The van der Waals surface area contributed by atoms with Crippen LogP contribution in [0.3, 0.4) is 0 Å². The number of rotatable bonds is 4. The average Bonchev–Trinajstić information content (AvgIpc) is 3.13. The van der Waals surface area contributed by atoms with E-state index in [9.17, 15) is 4.79 Å². The van der Waals surface area contributed by atoms with Gasteiger partial charge in [0.05, 0.1) is 29.4 Å². The molecule has 0 bridgehead atoms. The maximum atomic E-state index is 12.2. The maximum absolute atomic E-state index is 12.2. The fourth-order valence-electron chi connectivity index (χ4n) is 3.08. The van der Waals surface area contributed by atoms with Crippen molar-refractivity contribution >= 4 is 22.6 Å². The van der Waals surface area contributed by atoms with Crippen LogP contribution in [0, 0.1) is 6.92 Å². The maximum Gasteiger partial charge on any atom is 0.251 e. The number of carbonyl (C=O) groups excluding carboxylic acids is 1. The molecule has 0 fully saturated rings. The third-order valence-electron chi connectivity index (χ3n) is 4.30. The van der Waals surface area contributed by atoms with Crippen molar-refractivity contribution in [2.75, 3.05) is 13.7 Å². The molecular weight excluding hydrogens is 344 g/mol. The second kappa shape index (κ2) is 6.64. The van der Waals surface area contributed by atoms with Crippen molar-refractivity contribution in [3.63, 3.8) is 0 Å². The molecule has 0 radical (unpaired) electrons. The van der Waals surface area contributed by atoms with Crippen molar-refractivity contribution < 1.29 is 9.53 Å². The third kappa shape index (κ3) is 2.75. The minimum absolute atomic E-state index is 0.128. The largest absolute Gasteiger partial charge is 0.480 e. The van der Waals surface area contributed by atoms with Crippen LogP contribution in [-0.4, -0.2) is 44.1 Å². The number of amides is 1. The molecule has 8 nitrogen and oxygen atoms in total. The van der Waals surface area contributed by atoms with Crippen molar-refractivity contribution in [3.05, 3.63) is 47.8 Å². The molecule has 0 aliphatic carbocycles. The lowest BCUT2D eigenvalue weighted by Crippen LogP contribution is -2.22. The van der Waals surface area contributed by atoms with Crippen LogP contribution in [0.4, 0.5) is 0 Å². The van der Waals surface area contributed by atoms with E-state index < -0.39 is 0 Å². The summed E-state index contributed by atoms with van der Waals surface area (Å²) in [6, 6.07) is 9.11. The van der Waals surface area contributed by atoms with Crippen molar-refractivity contribution in [1.82, 2.24) is 29.9 Å². The first kappa shape index (κ1) is 16.9. The van der Waals surface area contributed by atoms with Crippen LogP contribution in [0.5, 0.6) is 5.88 Å². The number of pyridine rings is 1. The fourth-order valence-corrected chi connectivity index (χ4v) is 3.08. The Balaban J connectivity index is 2.00. The SMILES string of the molecule is CCNC(=O)c1ccc2c(c1)nc(C)c1nnc(-c3cccnc3OC)n12. The topological polar surface area (TPSA) is 94.3 Å². The van der Waals surface area contributed by atoms with Gasteiger partial charge in [0.1, 0.15) is 0 Å². The lowest BCUT2D eigenvalue weighted by molar-refractivity contribution is 0.0956. The van der Waals surface area contributed by atoms with E-state index in [0.717, 1.165) is 16.8 Å². The smallest absolute Gasteiger partial charge is 0.251 e. The van der Waals surface area contributed by atoms with E-state index >= 15 is 0 Å². The van der Waals surface area contributed by atoms with Gasteiger partial charge in [-0.25, -0.2) is 9.97 Å². The molecule has 0 unspecified atom stereocenters. The monoisotopic (exact) mass is 362 g/mol. The van der Waals surface area contributed by atoms with Gasteiger partial charge < -0.3 is 10.1 Å². The van der Waals surface area contributed by atoms with Crippen LogP contribution in [0.15, 0.2) is 36.5 Å². The number of hydrogen-bond donors (Lipinski definition) is 1. The number of hydrogen-bond acceptors (Lipinski definition) is 6. The number of benzene rings is 1. The van der Waals surface area contributed by atoms with E-state index in [1.807, 2.05) is 36.4 Å². The number of nitrogens with one attached hydrogen (secondary N) is 1. The Morgan fingerprint density at radius 3 is 2.89 bits per heavy atom. The van der Waals surface area contributed by atoms with Crippen LogP contribution in [0.25, 0.3) is 28.1 Å². The molecule has 0 spiro atoms. The number of ether oxygens (including phenoxy) is 1. The summed E-state index contributed by atoms with van der Waals surface area (Å²) < 4.78 is 7.29. The van der Waals surface area contributed by atoms with Crippen molar-refractivity contribution in [1.29, 1.82) is 0 Å². The molecule has 4 rings (SSSR count). The van der Waals surface area contributed by atoms with Crippen molar-refractivity contribution in [2.24, 2.45) is 0 Å². The van der Waals surface area contributed by atoms with Gasteiger partial charge in [0, 0.05) is 18.3 Å². The molecule has 1 amide bonds. The zero-order chi connectivity index (χ0) is 19.0. The Bertz CT molecular complexity index is 1170. The summed E-state index contributed by atoms with van der Waals surface area (Å²) in [7, 11) is 1.57. The molecule has 3 aromatic heterocycles. The summed E-state index contributed by atoms with van der Waals surface area (Å²) in [5, 5.41) is 11.4. The van der Waals surface area contributed by atoms with E-state index in [2.05, 4.69) is 25.5 Å². The molecular formula is C19H18N6O2. The van der Waals surface area contributed by atoms with Crippen molar-refractivity contribution in [3.8, 4) is 17.3 Å². The van der Waals surface area contributed by atoms with E-state index in [-0.39, 0.29) is 5.91 Å². The molecule has 136 valence electrons. The molecule has 0 atom stereocenters. The highest BCUT2D eigenvalue weighted by atomic mass is 16.5. The van der Waals surface area contributed by atoms with Gasteiger partial charge in [-0.3, -0.25) is 9.20 Å². The molecule has 4 aromatic rings. The Kier molecular flexibility index (Phi) is 4.15. The van der Waals surface area contributed by atoms with Gasteiger partial charge in [-0.1, -0.05) is 0 Å². The number of carbonyl (C=O) groups is 1. The molecule has 0 aliphatic rings. The van der Waals surface area contributed by atoms with E-state index in [0.29, 0.717) is 35.0 Å². The summed E-state index contributed by atoms with van der Waals surface area (Å²) in [5.41, 5.74) is 4.14. The molecule has 0 saturated carbocycles. The third-order valence-corrected chi connectivity index (χ3v) is 4.30. The van der Waals surface area contributed by atoms with Gasteiger partial charge in [-0.15, -0.1) is 10.2 Å². The standard InChI is InChI=1S/C19H18N6O2/c1-4-20-18(26)12-7-8-15-14(10-12)22-11(2)16-23-24-17(25(15)16)13-6-5-9-21-19(13)27-3/h5-10H,4H2,1-3H3,(H,20,26). The van der Waals surface area contributed by atoms with E-state index in [1.165, 1.54) is 0 Å². The second-order valence-electron chi connectivity index (χ2n) is 6.00. The highest BCUT2D eigenvalue weighted by Crippen LogP contribution is 2.29. The minimum atomic E-state index is -0.128. The lowest BCUT2D eigenvalue weighted by Gasteiger charge is -2.10. The van der Waals surface area contributed by atoms with Gasteiger partial charge in [0.15, 0.2) is 11.5 Å². The number of fused-ring (bicyclic) bond motifs is 3. The Morgan fingerprint density at radius 1 is 1.26 bits per heavy atom. The molecule has 3 heterocycles. The van der Waals surface area contributed by atoms with E-state index in [1.54, 1.807) is 25.4 Å². The van der Waals surface area contributed by atoms with Gasteiger partial charge in [0.2, 0.25) is 5.88 Å². The van der Waals surface area contributed by atoms with Crippen molar-refractivity contribution in [2.45, 2.75) is 13.8 Å². The predicted molar refractivity (Wildman–Crippen MR) is 101 cm³/mol. The van der Waals surface area contributed by atoms with Crippen LogP contribution in [0.1, 0.15) is 23.0 Å². The molecule has 0 saturated heterocycles. The van der Waals surface area contributed by atoms with Crippen LogP contribution >= 0.6 is 0 Å². The Hall–Kier alpha value is -3.55. The summed E-state index contributed by atoms with van der Waals surface area (Å²) in [6.07, 6.45) is 1.66. The zero-order valence-corrected chi connectivity index (χ0v) is 15.2. The number of nitrogens with zero attached hydrogens (tertiary/aromatic N) is 5. The molecule has 1 N–H and O–H groups in total. The summed E-state index contributed by atoms with van der Waals surface area (Å²) in [5.74, 6) is 0.946. The molecule has 0 aliphatic heterocycles. The van der Waals surface area contributed by atoms with E-state index in [4.69, 9.17) is 4.74 Å². The van der Waals surface area contributed by atoms with Crippen LogP contribution in [0.2, 0.25) is 0 Å². The first-order chi connectivity index (χ1) is 13.1. The second-order valence-corrected chi connectivity index (χ2v) is 6.00. The summed E-state index contributed by atoms with van der Waals surface area (Å²) >= 11 is 0. The first-order valence-electron chi connectivity index (χ1n) is 8.57. The minimum Gasteiger partial charge on any atom is -0.480 e. The Labute approximate surface area is 155 Å². The summed E-state index contributed by atoms with van der Waals surface area (Å²) in [4.78, 5) is 21.0. The van der Waals surface area contributed by atoms with Crippen LogP contribution in [-0.2, 0) is 0 Å². The first-order valence-corrected chi connectivity index (χ1v) is 8.57. The average molecular weight is 362 g/mol. The zero-order valence-electron chi connectivity index (χ0n) is 15.2. The van der Waals surface area contributed by atoms with Crippen LogP contribution < -0.4 is 10.1 Å². The van der Waals surface area contributed by atoms with Gasteiger partial charge in [-0.2, -0.15) is 0 Å². The normalized spacial score (nSPS) is 11.1. The molecule has 27 heavy (non-hydrogen) atoms. The highest BCUT2D eigenvalue weighted by Gasteiger charge is 2.18. The fraction of sp³-hybridized carbons (Fsp3) is 0.211. The number of aromatic nitrogens is 5. The van der Waals surface area contributed by atoms with Gasteiger partial charge in [-0.05, 0) is 44.2 Å². The van der Waals surface area contributed by atoms with Gasteiger partial charge in [0.25, 0.3) is 5.91 Å². The highest BCUT2D eigenvalue weighted by molar-refractivity contribution is 5.97. The van der Waals surface area contributed by atoms with Gasteiger partial charge >= 0.3 is 0 Å². The molecule has 1 aromatic carbocycles. The number of methoxy groups -OCH3 is 1. The lowest BCUT2D eigenvalue weighted by atomic mass is 10.1. The number of aryl methyl sites for hydroxylation is 1. The predicted octanol–water partition coefficient (Wildman–Crippen LogP) is 2.41. The summed E-state index contributed by atoms with van der Waals surface area (Å²) in [6.45, 7) is 4.32. The Morgan fingerprint density at radius 2 is 2.11 bits per heavy atom. The molecule has 8 heteroatoms.